The molecule has 0 unspecified atom stereocenters. The van der Waals surface area contributed by atoms with Gasteiger partial charge >= 0.3 is 0 Å². The molecule has 1 N–H and O–H groups in total. The van der Waals surface area contributed by atoms with Crippen molar-refractivity contribution in [3.63, 3.8) is 0 Å². The number of aromatic nitrogens is 5. The first-order chi connectivity index (χ1) is 17.5. The average molecular weight is 513 g/mol. The maximum Gasteiger partial charge on any atom is 0.227 e. The molecule has 0 bridgehead atoms. The number of anilines is 2. The predicted octanol–water partition coefficient (Wildman–Crippen LogP) is 3.09. The number of hydrogen-bond acceptors (Lipinski definition) is 9. The maximum absolute atomic E-state index is 6.25. The van der Waals surface area contributed by atoms with E-state index in [2.05, 4.69) is 37.1 Å². The highest BCUT2D eigenvalue weighted by atomic mass is 35.5. The number of benzene rings is 1. The van der Waals surface area contributed by atoms with E-state index in [0.717, 1.165) is 49.6 Å². The third-order valence-corrected chi connectivity index (χ3v) is 6.43. The van der Waals surface area contributed by atoms with Crippen LogP contribution in [-0.2, 0) is 6.54 Å². The Morgan fingerprint density at radius 1 is 0.944 bits per heavy atom. The van der Waals surface area contributed by atoms with Crippen LogP contribution in [0.3, 0.4) is 0 Å². The van der Waals surface area contributed by atoms with Gasteiger partial charge in [0.05, 0.1) is 33.2 Å². The molecule has 36 heavy (non-hydrogen) atoms. The number of nitrogens with one attached hydrogen (secondary N) is 1. The van der Waals surface area contributed by atoms with E-state index in [1.54, 1.807) is 27.7 Å². The van der Waals surface area contributed by atoms with E-state index >= 15 is 0 Å². The number of likely N-dealkylation sites (N-methyl/N-ethyl adjacent to an activating group) is 1. The van der Waals surface area contributed by atoms with Crippen molar-refractivity contribution in [3.05, 3.63) is 47.8 Å². The van der Waals surface area contributed by atoms with Crippen molar-refractivity contribution in [2.24, 2.45) is 0 Å². The number of rotatable bonds is 8. The summed E-state index contributed by atoms with van der Waals surface area (Å²) in [7, 11) is 6.90. The highest BCUT2D eigenvalue weighted by molar-refractivity contribution is 6.28. The zero-order valence-corrected chi connectivity index (χ0v) is 21.5. The maximum atomic E-state index is 6.25. The number of imidazole rings is 1. The predicted molar refractivity (Wildman–Crippen MR) is 137 cm³/mol. The first kappa shape index (κ1) is 24.2. The number of methoxy groups -OCH3 is 3. The standard InChI is InChI=1S/C24H29ClN8O3/c1-30-5-7-31(8-6-30)12-16-9-21-28-23(25)29-24(33(21)13-16)27-20-14-32(15-26-20)17-10-18(34-2)22(36-4)19(11-17)35-3/h9-11,13-15H,5-8,12H2,1-4H3,(H,27,28,29). The molecule has 0 saturated carbocycles. The lowest BCUT2D eigenvalue weighted by Crippen LogP contribution is -2.43. The van der Waals surface area contributed by atoms with E-state index in [1.807, 2.05) is 39.6 Å². The van der Waals surface area contributed by atoms with Crippen molar-refractivity contribution in [2.45, 2.75) is 6.54 Å². The third kappa shape index (κ3) is 4.90. The molecule has 0 atom stereocenters. The van der Waals surface area contributed by atoms with Gasteiger partial charge < -0.3 is 29.0 Å². The Hall–Kier alpha value is -3.54. The van der Waals surface area contributed by atoms with Gasteiger partial charge in [-0.15, -0.1) is 0 Å². The molecule has 0 spiro atoms. The van der Waals surface area contributed by atoms with Crippen LogP contribution in [0.1, 0.15) is 5.56 Å². The first-order valence-corrected chi connectivity index (χ1v) is 11.9. The quantitative estimate of drug-likeness (QED) is 0.382. The van der Waals surface area contributed by atoms with E-state index < -0.39 is 0 Å². The molecular weight excluding hydrogens is 484 g/mol. The molecule has 1 saturated heterocycles. The van der Waals surface area contributed by atoms with Gasteiger partial charge in [-0.3, -0.25) is 9.30 Å². The summed E-state index contributed by atoms with van der Waals surface area (Å²) in [5.41, 5.74) is 2.68. The lowest BCUT2D eigenvalue weighted by Gasteiger charge is -2.32. The van der Waals surface area contributed by atoms with Gasteiger partial charge in [0.15, 0.2) is 17.3 Å². The zero-order valence-electron chi connectivity index (χ0n) is 20.7. The van der Waals surface area contributed by atoms with Gasteiger partial charge in [0, 0.05) is 51.1 Å². The molecule has 1 fully saturated rings. The van der Waals surface area contributed by atoms with E-state index in [-0.39, 0.29) is 5.28 Å². The summed E-state index contributed by atoms with van der Waals surface area (Å²) < 4.78 is 20.1. The summed E-state index contributed by atoms with van der Waals surface area (Å²) in [6.45, 7) is 5.07. The monoisotopic (exact) mass is 512 g/mol. The van der Waals surface area contributed by atoms with Crippen molar-refractivity contribution in [1.82, 2.24) is 33.7 Å². The highest BCUT2D eigenvalue weighted by Crippen LogP contribution is 2.39. The molecule has 4 heterocycles. The summed E-state index contributed by atoms with van der Waals surface area (Å²) in [4.78, 5) is 18.1. The SMILES string of the molecule is COc1cc(-n2cnc(Nc3nc(Cl)nc4cc(CN5CCN(C)CC5)cn34)c2)cc(OC)c1OC. The van der Waals surface area contributed by atoms with E-state index in [4.69, 9.17) is 25.8 Å². The van der Waals surface area contributed by atoms with Crippen molar-refractivity contribution in [2.75, 3.05) is 59.9 Å². The molecule has 12 heteroatoms. The van der Waals surface area contributed by atoms with Gasteiger partial charge in [0.2, 0.25) is 17.0 Å². The fraction of sp³-hybridized carbons (Fsp3) is 0.375. The number of hydrogen-bond donors (Lipinski definition) is 1. The molecule has 0 aliphatic carbocycles. The molecule has 4 aromatic rings. The Balaban J connectivity index is 1.40. The molecule has 0 amide bonds. The lowest BCUT2D eigenvalue weighted by molar-refractivity contribution is 0.148. The largest absolute Gasteiger partial charge is 0.493 e. The van der Waals surface area contributed by atoms with Crippen LogP contribution in [0.15, 0.2) is 36.9 Å². The van der Waals surface area contributed by atoms with Crippen LogP contribution in [0.4, 0.5) is 11.8 Å². The Bertz CT molecular complexity index is 1340. The Kier molecular flexibility index (Phi) is 6.86. The van der Waals surface area contributed by atoms with Crippen LogP contribution in [-0.4, -0.2) is 88.3 Å². The number of ether oxygens (including phenoxy) is 3. The lowest BCUT2D eigenvalue weighted by atomic mass is 10.2. The zero-order chi connectivity index (χ0) is 25.2. The van der Waals surface area contributed by atoms with E-state index in [1.165, 1.54) is 0 Å². The second kappa shape index (κ2) is 10.2. The van der Waals surface area contributed by atoms with Crippen molar-refractivity contribution >= 4 is 29.0 Å². The normalized spacial score (nSPS) is 14.8. The Labute approximate surface area is 214 Å². The smallest absolute Gasteiger partial charge is 0.227 e. The summed E-state index contributed by atoms with van der Waals surface area (Å²) in [6, 6.07) is 5.75. The topological polar surface area (TPSA) is 94.2 Å². The minimum absolute atomic E-state index is 0.165. The fourth-order valence-corrected chi connectivity index (χ4v) is 4.49. The van der Waals surface area contributed by atoms with Crippen LogP contribution in [0.2, 0.25) is 5.28 Å². The number of nitrogens with zero attached hydrogens (tertiary/aromatic N) is 7. The first-order valence-electron chi connectivity index (χ1n) is 11.5. The van der Waals surface area contributed by atoms with E-state index in [9.17, 15) is 0 Å². The number of halogens is 1. The second-order valence-electron chi connectivity index (χ2n) is 8.65. The summed E-state index contributed by atoms with van der Waals surface area (Å²) in [6.07, 6.45) is 5.58. The second-order valence-corrected chi connectivity index (χ2v) is 8.99. The van der Waals surface area contributed by atoms with Crippen molar-refractivity contribution in [1.29, 1.82) is 0 Å². The van der Waals surface area contributed by atoms with E-state index in [0.29, 0.717) is 29.0 Å². The van der Waals surface area contributed by atoms with Gasteiger partial charge in [-0.25, -0.2) is 4.98 Å². The van der Waals surface area contributed by atoms with Crippen molar-refractivity contribution < 1.29 is 14.2 Å². The minimum Gasteiger partial charge on any atom is -0.493 e. The summed E-state index contributed by atoms with van der Waals surface area (Å²) >= 11 is 6.25. The Morgan fingerprint density at radius 3 is 2.33 bits per heavy atom. The molecule has 190 valence electrons. The molecule has 1 aliphatic heterocycles. The summed E-state index contributed by atoms with van der Waals surface area (Å²) in [5.74, 6) is 2.76. The highest BCUT2D eigenvalue weighted by Gasteiger charge is 2.17. The molecular formula is C24H29ClN8O3. The molecule has 5 rings (SSSR count). The molecule has 1 aliphatic rings. The average Bonchev–Trinajstić information content (AvgIpc) is 3.51. The molecule has 1 aromatic carbocycles. The van der Waals surface area contributed by atoms with Gasteiger partial charge in [0.1, 0.15) is 12.0 Å². The third-order valence-electron chi connectivity index (χ3n) is 6.26. The van der Waals surface area contributed by atoms with Gasteiger partial charge in [-0.2, -0.15) is 9.97 Å². The number of piperazine rings is 1. The van der Waals surface area contributed by atoms with Crippen LogP contribution < -0.4 is 19.5 Å². The van der Waals surface area contributed by atoms with Gasteiger partial charge in [-0.05, 0) is 30.3 Å². The van der Waals surface area contributed by atoms with Gasteiger partial charge in [-0.1, -0.05) is 0 Å². The van der Waals surface area contributed by atoms with Crippen LogP contribution in [0.5, 0.6) is 17.2 Å². The van der Waals surface area contributed by atoms with Crippen molar-refractivity contribution in [3.8, 4) is 22.9 Å². The fourth-order valence-electron chi connectivity index (χ4n) is 4.32. The Morgan fingerprint density at radius 2 is 1.67 bits per heavy atom. The van der Waals surface area contributed by atoms with Crippen LogP contribution in [0.25, 0.3) is 11.3 Å². The van der Waals surface area contributed by atoms with Gasteiger partial charge in [0.25, 0.3) is 0 Å². The minimum atomic E-state index is 0.165. The van der Waals surface area contributed by atoms with Crippen LogP contribution in [0, 0.1) is 0 Å². The molecule has 3 aromatic heterocycles. The van der Waals surface area contributed by atoms with Crippen LogP contribution >= 0.6 is 11.6 Å². The number of fused-ring (bicyclic) bond motifs is 1. The summed E-state index contributed by atoms with van der Waals surface area (Å²) in [5, 5.41) is 3.43. The molecule has 0 radical (unpaired) electrons. The molecule has 11 nitrogen and oxygen atoms in total.